The van der Waals surface area contributed by atoms with Crippen molar-refractivity contribution < 1.29 is 14.5 Å². The Morgan fingerprint density at radius 1 is 1.70 bits per heavy atom. The molecule has 0 aliphatic rings. The summed E-state index contributed by atoms with van der Waals surface area (Å²) in [6.07, 6.45) is 1.09. The predicted octanol–water partition coefficient (Wildman–Crippen LogP) is 0.818. The third kappa shape index (κ3) is 5.66. The number of hydrogen-bond donors (Lipinski definition) is 2. The molecule has 0 aromatic carbocycles. The lowest BCUT2D eigenvalue weighted by Gasteiger charge is -1.98. The van der Waals surface area contributed by atoms with Crippen LogP contribution < -0.4 is 5.73 Å². The molecule has 0 aliphatic carbocycles. The zero-order chi connectivity index (χ0) is 7.98. The first-order valence-electron chi connectivity index (χ1n) is 2.96. The molecule has 0 aliphatic heterocycles. The Balaban J connectivity index is 3.19. The molecule has 0 unspecified atom stereocenters. The van der Waals surface area contributed by atoms with Gasteiger partial charge in [-0.15, -0.1) is 0 Å². The van der Waals surface area contributed by atoms with Crippen LogP contribution in [0.4, 0.5) is 0 Å². The lowest BCUT2D eigenvalue weighted by molar-refractivity contribution is -0.137. The van der Waals surface area contributed by atoms with E-state index in [1.165, 1.54) is 0 Å². The third-order valence-corrected chi connectivity index (χ3v) is 1.55. The minimum Gasteiger partial charge on any atom is -0.481 e. The van der Waals surface area contributed by atoms with E-state index >= 15 is 0 Å². The fraction of sp³-hybridized carbons (Fsp3) is 0.800. The maximum Gasteiger partial charge on any atom is 0.303 e. The fourth-order valence-electron chi connectivity index (χ4n) is 0.515. The van der Waals surface area contributed by atoms with Crippen molar-refractivity contribution in [1.82, 2.24) is 0 Å². The Labute approximate surface area is 60.6 Å². The summed E-state index contributed by atoms with van der Waals surface area (Å²) in [5, 5.41) is 8.18. The molecule has 0 fully saturated rings. The minimum atomic E-state index is -0.838. The van der Waals surface area contributed by atoms with Crippen LogP contribution in [0.5, 0.6) is 0 Å². The topological polar surface area (TPSA) is 80.4 Å². The predicted molar refractivity (Wildman–Crippen MR) is 37.1 cm³/mol. The smallest absolute Gasteiger partial charge is 0.303 e. The molecule has 0 saturated carbocycles. The molecule has 4 nitrogen and oxygen atoms in total. The van der Waals surface area contributed by atoms with E-state index in [0.29, 0.717) is 12.8 Å². The van der Waals surface area contributed by atoms with Gasteiger partial charge in [0.15, 0.2) is 8.46 Å². The summed E-state index contributed by atoms with van der Waals surface area (Å²) in [5.74, 6) is -1.24. The molecule has 0 amide bonds. The molecule has 58 valence electrons. The number of rotatable bonds is 5. The fourth-order valence-corrected chi connectivity index (χ4v) is 0.803. The van der Waals surface area contributed by atoms with E-state index in [1.54, 1.807) is 0 Å². The molecule has 0 saturated heterocycles. The van der Waals surface area contributed by atoms with Gasteiger partial charge < -0.3 is 10.8 Å². The molecule has 0 spiro atoms. The first kappa shape index (κ1) is 9.53. The molecule has 0 heterocycles. The van der Waals surface area contributed by atoms with Gasteiger partial charge in [0.05, 0.1) is 5.78 Å². The van der Waals surface area contributed by atoms with Gasteiger partial charge >= 0.3 is 5.97 Å². The molecule has 3 N–H and O–H groups in total. The Morgan fingerprint density at radius 2 is 2.30 bits per heavy atom. The normalized spacial score (nSPS) is 13.3. The lowest BCUT2D eigenvalue weighted by atomic mass is 10.2. The molecule has 10 heavy (non-hydrogen) atoms. The van der Waals surface area contributed by atoms with Crippen LogP contribution in [0.25, 0.3) is 0 Å². The zero-order valence-corrected chi connectivity index (χ0v) is 6.38. The van der Waals surface area contributed by atoms with Crippen LogP contribution in [0.1, 0.15) is 19.3 Å². The van der Waals surface area contributed by atoms with Gasteiger partial charge in [-0.3, -0.25) is 9.36 Å². The first-order chi connectivity index (χ1) is 4.66. The van der Waals surface area contributed by atoms with Crippen molar-refractivity contribution >= 4 is 14.4 Å². The van der Waals surface area contributed by atoms with E-state index in [-0.39, 0.29) is 14.9 Å². The van der Waals surface area contributed by atoms with Gasteiger partial charge in [0, 0.05) is 6.42 Å². The highest BCUT2D eigenvalue weighted by molar-refractivity contribution is 7.24. The number of carboxylic acids is 1. The average Bonchev–Trinajstić information content (AvgIpc) is 1.87. The lowest BCUT2D eigenvalue weighted by Crippen LogP contribution is -2.11. The summed E-state index contributed by atoms with van der Waals surface area (Å²) < 4.78 is 10.0. The summed E-state index contributed by atoms with van der Waals surface area (Å²) in [6, 6.07) is 0. The number of hydrogen-bond acceptors (Lipinski definition) is 3. The third-order valence-electron chi connectivity index (χ3n) is 1.03. The second-order valence-electron chi connectivity index (χ2n) is 1.96. The largest absolute Gasteiger partial charge is 0.481 e. The van der Waals surface area contributed by atoms with E-state index in [4.69, 9.17) is 10.8 Å². The maximum absolute atomic E-state index is 10.0. The molecule has 0 radical (unpaired) electrons. The Kier molecular flexibility index (Phi) is 5.08. The van der Waals surface area contributed by atoms with Crippen molar-refractivity contribution in [3.63, 3.8) is 0 Å². The molecular weight excluding hydrogens is 153 g/mol. The van der Waals surface area contributed by atoms with E-state index in [0.717, 1.165) is 0 Å². The summed E-state index contributed by atoms with van der Waals surface area (Å²) in [5.41, 5.74) is 5.24. The summed E-state index contributed by atoms with van der Waals surface area (Å²) in [6.45, 7) is 0. The Hall–Kier alpha value is -0.470. The van der Waals surface area contributed by atoms with Crippen molar-refractivity contribution in [3.05, 3.63) is 0 Å². The maximum atomic E-state index is 10.0. The number of carbonyl (C=O) groups is 1. The first-order valence-corrected chi connectivity index (χ1v) is 3.85. The molecule has 0 aromatic heterocycles. The van der Waals surface area contributed by atoms with Crippen LogP contribution in [0.15, 0.2) is 0 Å². The number of carboxylic acid groups (broad SMARTS) is 1. The highest BCUT2D eigenvalue weighted by Crippen LogP contribution is 2.07. The Bertz CT molecular complexity index is 128. The van der Waals surface area contributed by atoms with Crippen molar-refractivity contribution in [2.75, 3.05) is 0 Å². The molecule has 0 bridgehead atoms. The van der Waals surface area contributed by atoms with Crippen molar-refractivity contribution in [2.24, 2.45) is 5.73 Å². The summed E-state index contributed by atoms with van der Waals surface area (Å²) in [4.78, 5) is 9.95. The highest BCUT2D eigenvalue weighted by atomic mass is 31.1. The molecular formula is C5H10NO3P. The van der Waals surface area contributed by atoms with Crippen LogP contribution in [0.2, 0.25) is 0 Å². The molecule has 0 rings (SSSR count). The number of nitrogens with two attached hydrogens (primary N) is 1. The van der Waals surface area contributed by atoms with Gasteiger partial charge in [-0.25, -0.2) is 0 Å². The second-order valence-corrected chi connectivity index (χ2v) is 2.83. The van der Waals surface area contributed by atoms with Gasteiger partial charge in [0.1, 0.15) is 0 Å². The SMILES string of the molecule is N[C@@H](CCCC(=O)O)P=O. The standard InChI is InChI=1S/C5H10NO3P/c6-4(10-9)2-1-3-5(7)8/h4H,1-3,6H2,(H,7,8)/t4-/m1/s1. The minimum absolute atomic E-state index is 0.100. The van der Waals surface area contributed by atoms with Gasteiger partial charge in [-0.2, -0.15) is 0 Å². The van der Waals surface area contributed by atoms with E-state index in [9.17, 15) is 9.36 Å². The molecule has 1 atom stereocenters. The van der Waals surface area contributed by atoms with Gasteiger partial charge in [-0.05, 0) is 12.8 Å². The summed E-state index contributed by atoms with van der Waals surface area (Å²) in [7, 11) is -0.109. The molecule has 0 aromatic rings. The van der Waals surface area contributed by atoms with Crippen LogP contribution >= 0.6 is 8.46 Å². The van der Waals surface area contributed by atoms with E-state index in [1.807, 2.05) is 0 Å². The monoisotopic (exact) mass is 163 g/mol. The van der Waals surface area contributed by atoms with Crippen molar-refractivity contribution in [3.8, 4) is 0 Å². The number of aliphatic carboxylic acids is 1. The van der Waals surface area contributed by atoms with Crippen LogP contribution in [-0.2, 0) is 9.36 Å². The van der Waals surface area contributed by atoms with Gasteiger partial charge in [0.2, 0.25) is 0 Å². The van der Waals surface area contributed by atoms with Crippen LogP contribution in [0, 0.1) is 0 Å². The Morgan fingerprint density at radius 3 is 2.70 bits per heavy atom. The van der Waals surface area contributed by atoms with Crippen molar-refractivity contribution in [2.45, 2.75) is 25.0 Å². The van der Waals surface area contributed by atoms with Crippen molar-refractivity contribution in [1.29, 1.82) is 0 Å². The van der Waals surface area contributed by atoms with E-state index in [2.05, 4.69) is 0 Å². The molecule has 5 heteroatoms. The average molecular weight is 163 g/mol. The quantitative estimate of drug-likeness (QED) is 0.588. The highest BCUT2D eigenvalue weighted by Gasteiger charge is 2.02. The second kappa shape index (κ2) is 5.33. The van der Waals surface area contributed by atoms with Crippen LogP contribution in [0.3, 0.4) is 0 Å². The summed E-state index contributed by atoms with van der Waals surface area (Å²) >= 11 is 0. The van der Waals surface area contributed by atoms with Crippen LogP contribution in [-0.4, -0.2) is 16.9 Å². The van der Waals surface area contributed by atoms with Gasteiger partial charge in [0.25, 0.3) is 0 Å². The zero-order valence-electron chi connectivity index (χ0n) is 5.49. The van der Waals surface area contributed by atoms with E-state index < -0.39 is 11.8 Å². The van der Waals surface area contributed by atoms with Gasteiger partial charge in [-0.1, -0.05) is 0 Å².